The zero-order valence-electron chi connectivity index (χ0n) is 5.82. The Morgan fingerprint density at radius 3 is 2.67 bits per heavy atom. The molecule has 1 rings (SSSR count). The number of rotatable bonds is 2. The quantitative estimate of drug-likeness (QED) is 0.625. The van der Waals surface area contributed by atoms with E-state index in [-0.39, 0.29) is 0 Å². The zero-order chi connectivity index (χ0) is 9.14. The van der Waals surface area contributed by atoms with Crippen molar-refractivity contribution in [3.8, 4) is 0 Å². The van der Waals surface area contributed by atoms with Gasteiger partial charge in [-0.3, -0.25) is 0 Å². The number of thiophene rings is 1. The Balaban J connectivity index is 2.87. The molecule has 12 heavy (non-hydrogen) atoms. The maximum Gasteiger partial charge on any atom is 0.370 e. The average molecular weight is 249 g/mol. The molecule has 1 aromatic rings. The van der Waals surface area contributed by atoms with Crippen molar-refractivity contribution in [3.63, 3.8) is 0 Å². The van der Waals surface area contributed by atoms with Crippen LogP contribution in [-0.4, -0.2) is 16.2 Å². The monoisotopic (exact) mass is 248 g/mol. The smallest absolute Gasteiger partial charge is 0.370 e. The molecule has 0 saturated carbocycles. The van der Waals surface area contributed by atoms with Gasteiger partial charge < -0.3 is 10.2 Å². The Morgan fingerprint density at radius 1 is 1.58 bits per heavy atom. The summed E-state index contributed by atoms with van der Waals surface area (Å²) in [6, 6.07) is 1.73. The molecule has 0 spiro atoms. The van der Waals surface area contributed by atoms with E-state index in [4.69, 9.17) is 10.2 Å². The van der Waals surface area contributed by atoms with E-state index in [0.29, 0.717) is 4.88 Å². The van der Waals surface area contributed by atoms with Crippen molar-refractivity contribution in [2.75, 3.05) is 0 Å². The normalized spacial score (nSPS) is 11.6. The first-order chi connectivity index (χ1) is 5.59. The van der Waals surface area contributed by atoms with Crippen molar-refractivity contribution < 1.29 is 15.0 Å². The van der Waals surface area contributed by atoms with Gasteiger partial charge in [0.05, 0.1) is 0 Å². The van der Waals surface area contributed by atoms with Crippen LogP contribution in [-0.2, 0) is 4.79 Å². The van der Waals surface area contributed by atoms with Crippen LogP contribution in [0.15, 0.2) is 21.7 Å². The first-order valence-electron chi connectivity index (χ1n) is 2.97. The summed E-state index contributed by atoms with van der Waals surface area (Å²) in [5, 5.41) is 19.0. The first-order valence-corrected chi connectivity index (χ1v) is 4.65. The van der Waals surface area contributed by atoms with E-state index in [9.17, 15) is 4.79 Å². The highest BCUT2D eigenvalue weighted by Gasteiger charge is 2.04. The third-order valence-electron chi connectivity index (χ3n) is 1.09. The summed E-state index contributed by atoms with van der Waals surface area (Å²) >= 11 is 4.56. The second-order valence-electron chi connectivity index (χ2n) is 2.00. The molecule has 0 fully saturated rings. The highest BCUT2D eigenvalue weighted by Crippen LogP contribution is 2.21. The van der Waals surface area contributed by atoms with E-state index in [0.717, 1.165) is 4.47 Å². The molecule has 0 amide bonds. The summed E-state index contributed by atoms with van der Waals surface area (Å²) in [5.74, 6) is -1.97. The largest absolute Gasteiger partial charge is 0.502 e. The molecule has 64 valence electrons. The van der Waals surface area contributed by atoms with Crippen LogP contribution in [0.25, 0.3) is 6.08 Å². The zero-order valence-corrected chi connectivity index (χ0v) is 8.22. The molecule has 0 bridgehead atoms. The molecule has 5 heteroatoms. The van der Waals surface area contributed by atoms with Crippen molar-refractivity contribution in [2.45, 2.75) is 0 Å². The van der Waals surface area contributed by atoms with Gasteiger partial charge in [0.2, 0.25) is 5.76 Å². The number of carbonyl (C=O) groups is 1. The predicted octanol–water partition coefficient (Wildman–Crippen LogP) is 2.49. The Labute approximate surface area is 81.1 Å². The number of carboxylic acid groups (broad SMARTS) is 1. The topological polar surface area (TPSA) is 57.5 Å². The third kappa shape index (κ3) is 2.35. The van der Waals surface area contributed by atoms with E-state index in [2.05, 4.69) is 15.9 Å². The lowest BCUT2D eigenvalue weighted by molar-refractivity contribution is -0.135. The van der Waals surface area contributed by atoms with Gasteiger partial charge in [0.1, 0.15) is 0 Å². The molecule has 3 nitrogen and oxygen atoms in total. The molecule has 0 radical (unpaired) electrons. The van der Waals surface area contributed by atoms with E-state index >= 15 is 0 Å². The lowest BCUT2D eigenvalue weighted by atomic mass is 10.4. The summed E-state index contributed by atoms with van der Waals surface area (Å²) in [6.45, 7) is 0. The summed E-state index contributed by atoms with van der Waals surface area (Å²) < 4.78 is 0.872. The van der Waals surface area contributed by atoms with Gasteiger partial charge in [0, 0.05) is 20.8 Å². The number of aliphatic hydroxyl groups is 1. The molecular formula is C7H5BrO3S. The minimum Gasteiger partial charge on any atom is -0.502 e. The molecule has 2 N–H and O–H groups in total. The number of hydrogen-bond donors (Lipinski definition) is 2. The van der Waals surface area contributed by atoms with Crippen LogP contribution in [0.3, 0.4) is 0 Å². The molecule has 0 aliphatic heterocycles. The van der Waals surface area contributed by atoms with Crippen molar-refractivity contribution in [2.24, 2.45) is 0 Å². The van der Waals surface area contributed by atoms with Gasteiger partial charge in [-0.05, 0) is 22.0 Å². The Morgan fingerprint density at radius 2 is 2.25 bits per heavy atom. The number of carboxylic acids is 1. The van der Waals surface area contributed by atoms with Crippen molar-refractivity contribution in [3.05, 3.63) is 26.6 Å². The van der Waals surface area contributed by atoms with Crippen LogP contribution >= 0.6 is 27.3 Å². The van der Waals surface area contributed by atoms with Crippen LogP contribution in [0, 0.1) is 0 Å². The van der Waals surface area contributed by atoms with Crippen LogP contribution in [0.1, 0.15) is 4.88 Å². The second-order valence-corrected chi connectivity index (χ2v) is 3.86. The van der Waals surface area contributed by atoms with Crippen molar-refractivity contribution in [1.82, 2.24) is 0 Å². The van der Waals surface area contributed by atoms with Gasteiger partial charge in [-0.2, -0.15) is 0 Å². The Kier molecular flexibility index (Phi) is 2.88. The van der Waals surface area contributed by atoms with E-state index in [1.165, 1.54) is 17.4 Å². The minimum atomic E-state index is -1.32. The molecular weight excluding hydrogens is 244 g/mol. The van der Waals surface area contributed by atoms with E-state index in [1.54, 1.807) is 11.4 Å². The summed E-state index contributed by atoms with van der Waals surface area (Å²) in [5.41, 5.74) is 0. The maximum atomic E-state index is 10.2. The lowest BCUT2D eigenvalue weighted by Gasteiger charge is -1.88. The van der Waals surface area contributed by atoms with Gasteiger partial charge in [-0.1, -0.05) is 0 Å². The van der Waals surface area contributed by atoms with Gasteiger partial charge in [0.15, 0.2) is 0 Å². The number of halogens is 1. The molecule has 1 aromatic heterocycles. The molecule has 0 aliphatic rings. The third-order valence-corrected chi connectivity index (χ3v) is 2.73. The second kappa shape index (κ2) is 3.73. The highest BCUT2D eigenvalue weighted by atomic mass is 79.9. The van der Waals surface area contributed by atoms with Gasteiger partial charge >= 0.3 is 5.97 Å². The molecule has 0 atom stereocenters. The van der Waals surface area contributed by atoms with Crippen LogP contribution < -0.4 is 0 Å². The number of aliphatic carboxylic acids is 1. The fraction of sp³-hybridized carbons (Fsp3) is 0. The van der Waals surface area contributed by atoms with Gasteiger partial charge in [-0.25, -0.2) is 4.79 Å². The SMILES string of the molecule is O=C(O)C(O)=Cc1cc(Br)cs1. The predicted molar refractivity (Wildman–Crippen MR) is 50.3 cm³/mol. The Hall–Kier alpha value is -0.810. The molecule has 0 aromatic carbocycles. The maximum absolute atomic E-state index is 10.2. The number of aliphatic hydroxyl groups excluding tert-OH is 1. The summed E-state index contributed by atoms with van der Waals surface area (Å²) in [4.78, 5) is 10.9. The van der Waals surface area contributed by atoms with E-state index < -0.39 is 11.7 Å². The Bertz CT molecular complexity index is 329. The number of hydrogen-bond acceptors (Lipinski definition) is 3. The summed E-state index contributed by atoms with van der Waals surface area (Å²) in [6.07, 6.45) is 1.21. The lowest BCUT2D eigenvalue weighted by Crippen LogP contribution is -1.97. The van der Waals surface area contributed by atoms with Gasteiger partial charge in [-0.15, -0.1) is 11.3 Å². The fourth-order valence-electron chi connectivity index (χ4n) is 0.600. The van der Waals surface area contributed by atoms with Crippen LogP contribution in [0.4, 0.5) is 0 Å². The van der Waals surface area contributed by atoms with Crippen molar-refractivity contribution >= 4 is 39.3 Å². The summed E-state index contributed by atoms with van der Waals surface area (Å²) in [7, 11) is 0. The molecule has 0 unspecified atom stereocenters. The first kappa shape index (κ1) is 9.28. The molecule has 0 saturated heterocycles. The highest BCUT2D eigenvalue weighted by molar-refractivity contribution is 9.10. The molecule has 0 aliphatic carbocycles. The average Bonchev–Trinajstić information content (AvgIpc) is 2.35. The van der Waals surface area contributed by atoms with Gasteiger partial charge in [0.25, 0.3) is 0 Å². The molecule has 1 heterocycles. The fourth-order valence-corrected chi connectivity index (χ4v) is 1.97. The van der Waals surface area contributed by atoms with E-state index in [1.807, 2.05) is 0 Å². The van der Waals surface area contributed by atoms with Crippen molar-refractivity contribution in [1.29, 1.82) is 0 Å². The van der Waals surface area contributed by atoms with Crippen LogP contribution in [0.5, 0.6) is 0 Å². The standard InChI is InChI=1S/C7H5BrO3S/c8-4-1-5(12-3-4)2-6(9)7(10)11/h1-3,9H,(H,10,11). The van der Waals surface area contributed by atoms with Crippen LogP contribution in [0.2, 0.25) is 0 Å². The minimum absolute atomic E-state index is 0.649.